The van der Waals surface area contributed by atoms with Gasteiger partial charge in [0.25, 0.3) is 0 Å². The van der Waals surface area contributed by atoms with Crippen molar-refractivity contribution in [1.29, 1.82) is 0 Å². The van der Waals surface area contributed by atoms with Gasteiger partial charge in [0.1, 0.15) is 0 Å². The van der Waals surface area contributed by atoms with E-state index in [2.05, 4.69) is 64.5 Å². The summed E-state index contributed by atoms with van der Waals surface area (Å²) in [5.41, 5.74) is 4.85. The quantitative estimate of drug-likeness (QED) is 0.607. The molecule has 1 fully saturated rings. The van der Waals surface area contributed by atoms with Gasteiger partial charge in [-0.05, 0) is 66.8 Å². The lowest BCUT2D eigenvalue weighted by molar-refractivity contribution is -0.123. The molecule has 5 rings (SSSR count). The number of nitrogens with zero attached hydrogens (tertiary/aromatic N) is 2. The predicted molar refractivity (Wildman–Crippen MR) is 124 cm³/mol. The topological polar surface area (TPSA) is 59.0 Å². The third-order valence-corrected chi connectivity index (χ3v) is 6.56. The van der Waals surface area contributed by atoms with Gasteiger partial charge >= 0.3 is 0 Å². The zero-order chi connectivity index (χ0) is 21.4. The summed E-state index contributed by atoms with van der Waals surface area (Å²) in [5.74, 6) is 1.36. The lowest BCUT2D eigenvalue weighted by Gasteiger charge is -2.25. The maximum atomic E-state index is 13.1. The second-order valence-electron chi connectivity index (χ2n) is 9.64. The first-order chi connectivity index (χ1) is 15.1. The van der Waals surface area contributed by atoms with Crippen LogP contribution in [-0.4, -0.2) is 28.0 Å². The molecule has 3 aromatic rings. The molecule has 3 heterocycles. The molecule has 2 aromatic heterocycles. The Hall–Kier alpha value is -2.66. The van der Waals surface area contributed by atoms with Crippen molar-refractivity contribution in [1.82, 2.24) is 20.2 Å². The van der Waals surface area contributed by atoms with Crippen LogP contribution in [0.1, 0.15) is 56.0 Å². The van der Waals surface area contributed by atoms with Gasteiger partial charge in [-0.2, -0.15) is 0 Å². The van der Waals surface area contributed by atoms with Crippen LogP contribution in [0.25, 0.3) is 10.9 Å². The Morgan fingerprint density at radius 3 is 2.84 bits per heavy atom. The van der Waals surface area contributed by atoms with Crippen LogP contribution in [0.5, 0.6) is 0 Å². The van der Waals surface area contributed by atoms with E-state index in [4.69, 9.17) is 0 Å². The van der Waals surface area contributed by atoms with Crippen molar-refractivity contribution in [2.24, 2.45) is 11.8 Å². The average molecular weight is 417 g/mol. The van der Waals surface area contributed by atoms with Gasteiger partial charge in [0, 0.05) is 35.9 Å². The fourth-order valence-corrected chi connectivity index (χ4v) is 4.85. The van der Waals surface area contributed by atoms with Crippen LogP contribution in [0.2, 0.25) is 0 Å². The minimum absolute atomic E-state index is 0.138. The van der Waals surface area contributed by atoms with Crippen LogP contribution in [0.3, 0.4) is 0 Å². The maximum Gasteiger partial charge on any atom is 0.237 e. The van der Waals surface area contributed by atoms with Crippen LogP contribution in [-0.2, 0) is 17.8 Å². The van der Waals surface area contributed by atoms with Crippen LogP contribution in [0, 0.1) is 11.8 Å². The molecule has 1 aliphatic carbocycles. The largest absolute Gasteiger partial charge is 0.354 e. The van der Waals surface area contributed by atoms with Gasteiger partial charge in [-0.1, -0.05) is 32.0 Å². The van der Waals surface area contributed by atoms with Gasteiger partial charge in [-0.3, -0.25) is 15.1 Å². The Kier molecular flexibility index (Phi) is 5.53. The first-order valence-corrected chi connectivity index (χ1v) is 11.6. The summed E-state index contributed by atoms with van der Waals surface area (Å²) in [6, 6.07) is 12.6. The summed E-state index contributed by atoms with van der Waals surface area (Å²) in [6.07, 6.45) is 8.31. The molecule has 2 aliphatic rings. The molecule has 1 saturated carbocycles. The Balaban J connectivity index is 1.52. The minimum Gasteiger partial charge on any atom is -0.354 e. The monoisotopic (exact) mass is 416 g/mol. The SMILES string of the molecule is CC(C)CC1NC(C(=O)NCC2CC2)Cc2cn(Cc3ccccn3)c3cccc1c23. The van der Waals surface area contributed by atoms with Crippen LogP contribution >= 0.6 is 0 Å². The Morgan fingerprint density at radius 2 is 2.10 bits per heavy atom. The molecule has 0 saturated heterocycles. The molecular weight excluding hydrogens is 384 g/mol. The number of benzene rings is 1. The highest BCUT2D eigenvalue weighted by atomic mass is 16.2. The van der Waals surface area contributed by atoms with Crippen molar-refractivity contribution in [2.45, 2.75) is 58.2 Å². The molecule has 5 nitrogen and oxygen atoms in total. The van der Waals surface area contributed by atoms with Crippen molar-refractivity contribution >= 4 is 16.8 Å². The fourth-order valence-electron chi connectivity index (χ4n) is 4.85. The average Bonchev–Trinajstić information content (AvgIpc) is 3.55. The molecule has 31 heavy (non-hydrogen) atoms. The van der Waals surface area contributed by atoms with E-state index in [0.717, 1.165) is 25.2 Å². The molecule has 162 valence electrons. The molecule has 0 bridgehead atoms. The normalized spacial score (nSPS) is 20.7. The van der Waals surface area contributed by atoms with Crippen LogP contribution in [0.15, 0.2) is 48.8 Å². The van der Waals surface area contributed by atoms with Crippen molar-refractivity contribution in [2.75, 3.05) is 6.54 Å². The van der Waals surface area contributed by atoms with Gasteiger partial charge in [0.15, 0.2) is 0 Å². The highest BCUT2D eigenvalue weighted by Crippen LogP contribution is 2.36. The number of hydrogen-bond acceptors (Lipinski definition) is 3. The first-order valence-electron chi connectivity index (χ1n) is 11.6. The number of nitrogens with one attached hydrogen (secondary N) is 2. The van der Waals surface area contributed by atoms with E-state index in [0.29, 0.717) is 18.3 Å². The maximum absolute atomic E-state index is 13.1. The summed E-state index contributed by atoms with van der Waals surface area (Å²) < 4.78 is 2.30. The number of amides is 1. The van der Waals surface area contributed by atoms with E-state index in [9.17, 15) is 4.79 Å². The summed E-state index contributed by atoms with van der Waals surface area (Å²) in [5, 5.41) is 8.24. The van der Waals surface area contributed by atoms with E-state index < -0.39 is 0 Å². The predicted octanol–water partition coefficient (Wildman–Crippen LogP) is 4.21. The number of hydrogen-bond donors (Lipinski definition) is 2. The van der Waals surface area contributed by atoms with Crippen molar-refractivity contribution < 1.29 is 4.79 Å². The van der Waals surface area contributed by atoms with Gasteiger partial charge in [0.05, 0.1) is 18.3 Å². The summed E-state index contributed by atoms with van der Waals surface area (Å²) in [7, 11) is 0. The van der Waals surface area contributed by atoms with Gasteiger partial charge in [0.2, 0.25) is 5.91 Å². The summed E-state index contributed by atoms with van der Waals surface area (Å²) >= 11 is 0. The lowest BCUT2D eigenvalue weighted by Crippen LogP contribution is -2.46. The first kappa shape index (κ1) is 20.3. The molecule has 5 heteroatoms. The van der Waals surface area contributed by atoms with E-state index in [1.807, 2.05) is 18.3 Å². The molecule has 2 unspecified atom stereocenters. The highest BCUT2D eigenvalue weighted by Gasteiger charge is 2.31. The number of aromatic nitrogens is 2. The molecular formula is C26H32N4O. The third-order valence-electron chi connectivity index (χ3n) is 6.56. The van der Waals surface area contributed by atoms with Crippen LogP contribution in [0.4, 0.5) is 0 Å². The molecule has 0 radical (unpaired) electrons. The Labute approximate surface area is 184 Å². The zero-order valence-electron chi connectivity index (χ0n) is 18.5. The van der Waals surface area contributed by atoms with E-state index in [1.54, 1.807) is 0 Å². The lowest BCUT2D eigenvalue weighted by atomic mass is 9.94. The summed E-state index contributed by atoms with van der Waals surface area (Å²) in [4.78, 5) is 17.6. The van der Waals surface area contributed by atoms with Crippen molar-refractivity contribution in [3.63, 3.8) is 0 Å². The van der Waals surface area contributed by atoms with Gasteiger partial charge in [-0.15, -0.1) is 0 Å². The molecule has 0 spiro atoms. The van der Waals surface area contributed by atoms with Crippen molar-refractivity contribution in [3.05, 3.63) is 65.6 Å². The smallest absolute Gasteiger partial charge is 0.237 e. The van der Waals surface area contributed by atoms with Gasteiger partial charge < -0.3 is 9.88 Å². The zero-order valence-corrected chi connectivity index (χ0v) is 18.5. The molecule has 2 atom stereocenters. The number of carbonyl (C=O) groups excluding carboxylic acids is 1. The number of carbonyl (C=O) groups is 1. The van der Waals surface area contributed by atoms with Gasteiger partial charge in [-0.25, -0.2) is 0 Å². The second kappa shape index (κ2) is 8.46. The van der Waals surface area contributed by atoms with E-state index in [1.165, 1.54) is 34.9 Å². The fraction of sp³-hybridized carbons (Fsp3) is 0.462. The Bertz CT molecular complexity index is 1070. The second-order valence-corrected chi connectivity index (χ2v) is 9.64. The summed E-state index contributed by atoms with van der Waals surface area (Å²) in [6.45, 7) is 6.06. The minimum atomic E-state index is -0.205. The van der Waals surface area contributed by atoms with Crippen LogP contribution < -0.4 is 10.6 Å². The van der Waals surface area contributed by atoms with E-state index >= 15 is 0 Å². The standard InChI is InChI=1S/C26H32N4O/c1-17(2)12-22-21-7-5-8-24-25(21)19(15-30(24)16-20-6-3-4-11-27-20)13-23(29-22)26(31)28-14-18-9-10-18/h3-8,11,15,17-18,22-23,29H,9-10,12-14,16H2,1-2H3,(H,28,31). The third kappa shape index (κ3) is 4.38. The number of rotatable bonds is 7. The molecule has 2 N–H and O–H groups in total. The molecule has 1 amide bonds. The molecule has 1 aromatic carbocycles. The Morgan fingerprint density at radius 1 is 1.23 bits per heavy atom. The number of pyridine rings is 1. The molecule has 1 aliphatic heterocycles. The highest BCUT2D eigenvalue weighted by molar-refractivity contribution is 5.90. The van der Waals surface area contributed by atoms with Crippen molar-refractivity contribution in [3.8, 4) is 0 Å². The van der Waals surface area contributed by atoms with E-state index in [-0.39, 0.29) is 18.0 Å².